The van der Waals surface area contributed by atoms with Crippen molar-refractivity contribution in [3.05, 3.63) is 92.5 Å². The van der Waals surface area contributed by atoms with Crippen LogP contribution in [0.5, 0.6) is 5.75 Å². The van der Waals surface area contributed by atoms with E-state index in [-0.39, 0.29) is 12.5 Å². The van der Waals surface area contributed by atoms with E-state index >= 15 is 0 Å². The maximum absolute atomic E-state index is 11.3. The maximum Gasteiger partial charge on any atom is 0.345 e. The Morgan fingerprint density at radius 2 is 1.84 bits per heavy atom. The highest BCUT2D eigenvalue weighted by Crippen LogP contribution is 2.39. The van der Waals surface area contributed by atoms with Crippen LogP contribution < -0.4 is 4.74 Å². The van der Waals surface area contributed by atoms with Crippen LogP contribution in [0.4, 0.5) is 0 Å². The first-order valence-electron chi connectivity index (χ1n) is 11.7. The average molecular weight is 552 g/mol. The molecule has 0 saturated carbocycles. The number of carboxylic acids is 1. The SMILES string of the molecule is Cc1cc(OCc2c(-c3c(Cl)cccc3Cl)noc2C(C)C)ccc1-c1ccc2cc(C(=O)O)sc2c1. The van der Waals surface area contributed by atoms with Gasteiger partial charge in [-0.2, -0.15) is 0 Å². The van der Waals surface area contributed by atoms with Crippen LogP contribution in [0.2, 0.25) is 10.0 Å². The van der Waals surface area contributed by atoms with Gasteiger partial charge in [-0.15, -0.1) is 11.3 Å². The third-order valence-corrected chi connectivity index (χ3v) is 7.88. The number of fused-ring (bicyclic) bond motifs is 1. The van der Waals surface area contributed by atoms with E-state index in [0.29, 0.717) is 31.9 Å². The van der Waals surface area contributed by atoms with Gasteiger partial charge in [-0.1, -0.05) is 66.5 Å². The lowest BCUT2D eigenvalue weighted by atomic mass is 9.99. The van der Waals surface area contributed by atoms with E-state index in [4.69, 9.17) is 32.5 Å². The summed E-state index contributed by atoms with van der Waals surface area (Å²) in [5.41, 5.74) is 5.13. The van der Waals surface area contributed by atoms with Crippen LogP contribution >= 0.6 is 34.5 Å². The number of thiophene rings is 1. The molecule has 0 bridgehead atoms. The Morgan fingerprint density at radius 1 is 1.08 bits per heavy atom. The number of ether oxygens (including phenoxy) is 1. The number of carboxylic acid groups (broad SMARTS) is 1. The van der Waals surface area contributed by atoms with Crippen LogP contribution in [0.25, 0.3) is 32.5 Å². The molecule has 2 heterocycles. The summed E-state index contributed by atoms with van der Waals surface area (Å²) >= 11 is 14.2. The molecular weight excluding hydrogens is 529 g/mol. The minimum Gasteiger partial charge on any atom is -0.489 e. The molecule has 0 atom stereocenters. The van der Waals surface area contributed by atoms with Gasteiger partial charge < -0.3 is 14.4 Å². The van der Waals surface area contributed by atoms with Crippen molar-refractivity contribution in [3.8, 4) is 28.1 Å². The van der Waals surface area contributed by atoms with Gasteiger partial charge in [-0.3, -0.25) is 0 Å². The molecule has 8 heteroatoms. The van der Waals surface area contributed by atoms with E-state index < -0.39 is 5.97 Å². The highest BCUT2D eigenvalue weighted by molar-refractivity contribution is 7.20. The molecule has 0 aliphatic heterocycles. The molecule has 188 valence electrons. The molecule has 0 amide bonds. The van der Waals surface area contributed by atoms with E-state index in [0.717, 1.165) is 38.1 Å². The van der Waals surface area contributed by atoms with Crippen LogP contribution in [-0.4, -0.2) is 16.2 Å². The molecule has 0 unspecified atom stereocenters. The lowest BCUT2D eigenvalue weighted by molar-refractivity contribution is 0.0702. The molecule has 0 aliphatic rings. The Hall–Kier alpha value is -3.32. The van der Waals surface area contributed by atoms with Gasteiger partial charge in [0.25, 0.3) is 0 Å². The Morgan fingerprint density at radius 3 is 2.51 bits per heavy atom. The van der Waals surface area contributed by atoms with E-state index in [9.17, 15) is 9.90 Å². The highest BCUT2D eigenvalue weighted by atomic mass is 35.5. The summed E-state index contributed by atoms with van der Waals surface area (Å²) in [7, 11) is 0. The molecule has 1 N–H and O–H groups in total. The van der Waals surface area contributed by atoms with Gasteiger partial charge in [-0.05, 0) is 65.4 Å². The van der Waals surface area contributed by atoms with Gasteiger partial charge in [0.1, 0.15) is 28.7 Å². The Labute approximate surface area is 228 Å². The number of carbonyl (C=O) groups is 1. The standard InChI is InChI=1S/C29H23Cl2NO4S/c1-15(2)28-21(27(32-36-28)26-22(30)5-4-6-23(26)31)14-35-19-9-10-20(16(3)11-19)17-7-8-18-13-25(29(33)34)37-24(18)12-17/h4-13,15H,14H2,1-3H3,(H,33,34). The first kappa shape index (κ1) is 25.3. The minimum atomic E-state index is -0.908. The van der Waals surface area contributed by atoms with Crippen molar-refractivity contribution < 1.29 is 19.2 Å². The fraction of sp³-hybridized carbons (Fsp3) is 0.172. The van der Waals surface area contributed by atoms with Crippen molar-refractivity contribution in [2.75, 3.05) is 0 Å². The number of rotatable bonds is 7. The molecule has 0 radical (unpaired) electrons. The zero-order chi connectivity index (χ0) is 26.3. The topological polar surface area (TPSA) is 72.6 Å². The predicted molar refractivity (Wildman–Crippen MR) is 149 cm³/mol. The number of nitrogens with zero attached hydrogens (tertiary/aromatic N) is 1. The summed E-state index contributed by atoms with van der Waals surface area (Å²) in [6.45, 7) is 6.33. The zero-order valence-corrected chi connectivity index (χ0v) is 22.7. The normalized spacial score (nSPS) is 11.4. The summed E-state index contributed by atoms with van der Waals surface area (Å²) in [6, 6.07) is 19.0. The van der Waals surface area contributed by atoms with E-state index in [1.165, 1.54) is 11.3 Å². The number of halogens is 2. The lowest BCUT2D eigenvalue weighted by Gasteiger charge is -2.13. The lowest BCUT2D eigenvalue weighted by Crippen LogP contribution is -2.01. The molecular formula is C29H23Cl2NO4S. The van der Waals surface area contributed by atoms with Crippen molar-refractivity contribution in [1.29, 1.82) is 0 Å². The largest absolute Gasteiger partial charge is 0.489 e. The number of aromatic carboxylic acids is 1. The van der Waals surface area contributed by atoms with Gasteiger partial charge in [0.05, 0.1) is 15.6 Å². The summed E-state index contributed by atoms with van der Waals surface area (Å²) < 4.78 is 12.8. The molecule has 0 fully saturated rings. The molecule has 5 nitrogen and oxygen atoms in total. The molecule has 3 aromatic carbocycles. The van der Waals surface area contributed by atoms with Gasteiger partial charge in [0, 0.05) is 16.2 Å². The zero-order valence-electron chi connectivity index (χ0n) is 20.3. The van der Waals surface area contributed by atoms with Crippen molar-refractivity contribution in [2.45, 2.75) is 33.3 Å². The molecule has 0 aliphatic carbocycles. The number of hydrogen-bond donors (Lipinski definition) is 1. The number of benzene rings is 3. The van der Waals surface area contributed by atoms with Crippen LogP contribution in [0, 0.1) is 6.92 Å². The first-order chi connectivity index (χ1) is 17.7. The third-order valence-electron chi connectivity index (χ3n) is 6.17. The Bertz CT molecular complexity index is 1620. The maximum atomic E-state index is 11.3. The summed E-state index contributed by atoms with van der Waals surface area (Å²) in [5, 5.41) is 15.5. The Balaban J connectivity index is 1.43. The predicted octanol–water partition coefficient (Wildman–Crippen LogP) is 9.24. The van der Waals surface area contributed by atoms with Crippen LogP contribution in [0.1, 0.15) is 46.3 Å². The molecule has 0 saturated heterocycles. The van der Waals surface area contributed by atoms with Gasteiger partial charge in [0.15, 0.2) is 0 Å². The second-order valence-electron chi connectivity index (χ2n) is 9.06. The second kappa shape index (κ2) is 10.2. The molecule has 5 aromatic rings. The van der Waals surface area contributed by atoms with Crippen LogP contribution in [0.15, 0.2) is 65.2 Å². The first-order valence-corrected chi connectivity index (χ1v) is 13.2. The van der Waals surface area contributed by atoms with E-state index in [2.05, 4.69) is 5.16 Å². The van der Waals surface area contributed by atoms with Gasteiger partial charge in [-0.25, -0.2) is 4.79 Å². The molecule has 0 spiro atoms. The third kappa shape index (κ3) is 4.97. The van der Waals surface area contributed by atoms with Crippen molar-refractivity contribution in [1.82, 2.24) is 5.16 Å². The van der Waals surface area contributed by atoms with Crippen molar-refractivity contribution in [2.24, 2.45) is 0 Å². The smallest absolute Gasteiger partial charge is 0.345 e. The molecule has 5 rings (SSSR count). The summed E-state index contributed by atoms with van der Waals surface area (Å²) in [6.07, 6.45) is 0. The summed E-state index contributed by atoms with van der Waals surface area (Å²) in [5.74, 6) is 0.621. The van der Waals surface area contributed by atoms with Crippen molar-refractivity contribution in [3.63, 3.8) is 0 Å². The van der Waals surface area contributed by atoms with Gasteiger partial charge >= 0.3 is 5.97 Å². The van der Waals surface area contributed by atoms with E-state index in [1.807, 2.05) is 57.2 Å². The fourth-order valence-electron chi connectivity index (χ4n) is 4.35. The van der Waals surface area contributed by atoms with Gasteiger partial charge in [0.2, 0.25) is 0 Å². The summed E-state index contributed by atoms with van der Waals surface area (Å²) in [4.78, 5) is 11.7. The van der Waals surface area contributed by atoms with Crippen LogP contribution in [0.3, 0.4) is 0 Å². The highest BCUT2D eigenvalue weighted by Gasteiger charge is 2.24. The number of hydrogen-bond acceptors (Lipinski definition) is 5. The van der Waals surface area contributed by atoms with Crippen molar-refractivity contribution >= 4 is 50.6 Å². The van der Waals surface area contributed by atoms with E-state index in [1.54, 1.807) is 24.3 Å². The molecule has 37 heavy (non-hydrogen) atoms. The Kier molecular flexibility index (Phi) is 6.99. The van der Waals surface area contributed by atoms with Crippen LogP contribution in [-0.2, 0) is 6.61 Å². The second-order valence-corrected chi connectivity index (χ2v) is 11.0. The number of aromatic nitrogens is 1. The monoisotopic (exact) mass is 551 g/mol. The quantitative estimate of drug-likeness (QED) is 0.218. The fourth-order valence-corrected chi connectivity index (χ4v) is 5.86. The average Bonchev–Trinajstić information content (AvgIpc) is 3.47. The minimum absolute atomic E-state index is 0.0963. The molecule has 2 aromatic heterocycles. The number of aryl methyl sites for hydroxylation is 1.